The number of amides is 2. The van der Waals surface area contributed by atoms with E-state index in [1.54, 1.807) is 12.2 Å². The molecule has 0 unspecified atom stereocenters. The molecule has 1 fully saturated rings. The molecule has 1 heterocycles. The molecule has 0 aromatic heterocycles. The molecule has 31 heavy (non-hydrogen) atoms. The van der Waals surface area contributed by atoms with Gasteiger partial charge in [0.25, 0.3) is 11.8 Å². The van der Waals surface area contributed by atoms with E-state index in [4.69, 9.17) is 12.2 Å². The molecule has 0 N–H and O–H groups in total. The first kappa shape index (κ1) is 22.9. The van der Waals surface area contributed by atoms with Crippen LogP contribution in [-0.2, 0) is 9.59 Å². The van der Waals surface area contributed by atoms with Crippen molar-refractivity contribution in [3.63, 3.8) is 0 Å². The summed E-state index contributed by atoms with van der Waals surface area (Å²) >= 11 is 5.32. The molecule has 0 atom stereocenters. The summed E-state index contributed by atoms with van der Waals surface area (Å²) in [5, 5.41) is 0.280. The molecule has 2 aliphatic carbocycles. The molecule has 0 aromatic carbocycles. The second-order valence-electron chi connectivity index (χ2n) is 8.21. The number of hydrogen-bond donors (Lipinski definition) is 0. The van der Waals surface area contributed by atoms with E-state index >= 15 is 0 Å². The molecule has 1 saturated heterocycles. The first-order valence-electron chi connectivity index (χ1n) is 10.8. The van der Waals surface area contributed by atoms with Crippen molar-refractivity contribution in [2.75, 3.05) is 13.1 Å². The molecule has 162 valence electrons. The van der Waals surface area contributed by atoms with Crippen LogP contribution in [0.3, 0.4) is 0 Å². The third kappa shape index (κ3) is 4.19. The monoisotopic (exact) mass is 434 g/mol. The van der Waals surface area contributed by atoms with E-state index in [0.717, 1.165) is 5.56 Å². The average molecular weight is 435 g/mol. The van der Waals surface area contributed by atoms with Gasteiger partial charge in [0, 0.05) is 13.1 Å². The number of carbonyl (C=O) groups is 2. The molecule has 2 amide bonds. The number of fused-ring (bicyclic) bond motifs is 1. The molecule has 0 bridgehead atoms. The van der Waals surface area contributed by atoms with Crippen LogP contribution < -0.4 is 0 Å². The highest BCUT2D eigenvalue weighted by Gasteiger charge is 2.37. The van der Waals surface area contributed by atoms with Gasteiger partial charge >= 0.3 is 0 Å². The molecular formula is C26H30N2O2S. The van der Waals surface area contributed by atoms with E-state index in [2.05, 4.69) is 52.0 Å². The van der Waals surface area contributed by atoms with Crippen LogP contribution in [0.5, 0.6) is 0 Å². The van der Waals surface area contributed by atoms with Crippen molar-refractivity contribution >= 4 is 35.2 Å². The van der Waals surface area contributed by atoms with Crippen LogP contribution in [0, 0.1) is 13.8 Å². The minimum Gasteiger partial charge on any atom is -0.285 e. The summed E-state index contributed by atoms with van der Waals surface area (Å²) in [4.78, 5) is 28.5. The summed E-state index contributed by atoms with van der Waals surface area (Å²) in [6, 6.07) is 8.79. The Morgan fingerprint density at radius 3 is 2.13 bits per heavy atom. The Hall–Kier alpha value is -2.79. The summed E-state index contributed by atoms with van der Waals surface area (Å²) in [5.41, 5.74) is 7.39. The van der Waals surface area contributed by atoms with E-state index in [1.807, 2.05) is 19.9 Å². The zero-order chi connectivity index (χ0) is 22.9. The third-order valence-electron chi connectivity index (χ3n) is 5.84. The van der Waals surface area contributed by atoms with Gasteiger partial charge < -0.3 is 0 Å². The minimum absolute atomic E-state index is 0.144. The Morgan fingerprint density at radius 1 is 0.968 bits per heavy atom. The maximum absolute atomic E-state index is 12.8. The van der Waals surface area contributed by atoms with Gasteiger partial charge in [0.2, 0.25) is 0 Å². The Bertz CT molecular complexity index is 1050. The van der Waals surface area contributed by atoms with E-state index < -0.39 is 0 Å². The first-order valence-corrected chi connectivity index (χ1v) is 11.2. The summed E-state index contributed by atoms with van der Waals surface area (Å²) in [7, 11) is 0. The topological polar surface area (TPSA) is 40.6 Å². The van der Waals surface area contributed by atoms with Crippen molar-refractivity contribution in [2.24, 2.45) is 0 Å². The SMILES string of the molecule is CCN1C(=O)C(=C/C=C/c2cc(C)c3cc(C(C)C)ccc(C)c2-3)C(=O)N(CC)C1=S. The fourth-order valence-corrected chi connectivity index (χ4v) is 4.45. The number of allylic oxidation sites excluding steroid dienone is 2. The van der Waals surface area contributed by atoms with Crippen LogP contribution in [0.25, 0.3) is 17.2 Å². The van der Waals surface area contributed by atoms with Crippen LogP contribution in [0.1, 0.15) is 55.9 Å². The predicted octanol–water partition coefficient (Wildman–Crippen LogP) is 5.47. The van der Waals surface area contributed by atoms with Crippen LogP contribution in [0.4, 0.5) is 0 Å². The highest BCUT2D eigenvalue weighted by molar-refractivity contribution is 7.80. The van der Waals surface area contributed by atoms with E-state index in [1.165, 1.54) is 37.6 Å². The Kier molecular flexibility index (Phi) is 6.75. The summed E-state index contributed by atoms with van der Waals surface area (Å²) in [6.45, 7) is 13.2. The second kappa shape index (κ2) is 9.15. The minimum atomic E-state index is -0.334. The third-order valence-corrected chi connectivity index (χ3v) is 6.28. The van der Waals surface area contributed by atoms with E-state index in [-0.39, 0.29) is 22.5 Å². The number of hydrogen-bond acceptors (Lipinski definition) is 3. The molecule has 3 rings (SSSR count). The molecule has 0 spiro atoms. The van der Waals surface area contributed by atoms with Crippen molar-refractivity contribution in [3.8, 4) is 11.1 Å². The van der Waals surface area contributed by atoms with Gasteiger partial charge in [-0.2, -0.15) is 0 Å². The Balaban J connectivity index is 2.01. The predicted molar refractivity (Wildman–Crippen MR) is 131 cm³/mol. The lowest BCUT2D eigenvalue weighted by molar-refractivity contribution is -0.133. The normalized spacial score (nSPS) is 15.2. The Labute approximate surface area is 190 Å². The first-order chi connectivity index (χ1) is 14.7. The lowest BCUT2D eigenvalue weighted by Crippen LogP contribution is -2.55. The second-order valence-corrected chi connectivity index (χ2v) is 8.57. The molecule has 3 aliphatic rings. The van der Waals surface area contributed by atoms with Crippen LogP contribution in [-0.4, -0.2) is 39.8 Å². The quantitative estimate of drug-likeness (QED) is 0.356. The number of nitrogens with zero attached hydrogens (tertiary/aromatic N) is 2. The lowest BCUT2D eigenvalue weighted by atomic mass is 10.0. The van der Waals surface area contributed by atoms with Crippen LogP contribution >= 0.6 is 12.2 Å². The maximum atomic E-state index is 12.8. The zero-order valence-electron chi connectivity index (χ0n) is 19.2. The molecule has 0 saturated carbocycles. The standard InChI is InChI=1S/C26H30N2O2S/c1-7-27-24(29)21(25(30)28(8-2)26(27)31)11-9-10-20-14-18(6)22-15-19(16(3)4)13-12-17(5)23(20)22/h9-16H,7-8H2,1-6H3/b10-9+. The number of carbonyl (C=O) groups excluding carboxylic acids is 2. The smallest absolute Gasteiger partial charge is 0.265 e. The summed E-state index contributed by atoms with van der Waals surface area (Å²) < 4.78 is 0. The zero-order valence-corrected chi connectivity index (χ0v) is 20.0. The number of aryl methyl sites for hydroxylation is 2. The van der Waals surface area contributed by atoms with E-state index in [9.17, 15) is 9.59 Å². The fraction of sp³-hybridized carbons (Fsp3) is 0.346. The molecule has 5 heteroatoms. The average Bonchev–Trinajstić information content (AvgIpc) is 2.90. The van der Waals surface area contributed by atoms with Crippen molar-refractivity contribution in [3.05, 3.63) is 64.2 Å². The van der Waals surface area contributed by atoms with Gasteiger partial charge in [-0.25, -0.2) is 0 Å². The fourth-order valence-electron chi connectivity index (χ4n) is 4.02. The Morgan fingerprint density at radius 2 is 1.58 bits per heavy atom. The molecule has 0 aromatic rings. The number of thiocarbonyl (C=S) groups is 1. The molecule has 4 nitrogen and oxygen atoms in total. The van der Waals surface area contributed by atoms with Crippen molar-refractivity contribution < 1.29 is 9.59 Å². The summed E-state index contributed by atoms with van der Waals surface area (Å²) in [6.07, 6.45) is 5.39. The van der Waals surface area contributed by atoms with Crippen molar-refractivity contribution in [1.29, 1.82) is 0 Å². The van der Waals surface area contributed by atoms with Crippen molar-refractivity contribution in [2.45, 2.75) is 47.5 Å². The highest BCUT2D eigenvalue weighted by Crippen LogP contribution is 2.36. The van der Waals surface area contributed by atoms with Gasteiger partial charge in [-0.15, -0.1) is 0 Å². The van der Waals surface area contributed by atoms with Gasteiger partial charge in [0.1, 0.15) is 5.57 Å². The van der Waals surface area contributed by atoms with Crippen LogP contribution in [0.2, 0.25) is 0 Å². The number of likely N-dealkylation sites (N-methyl/N-ethyl adjacent to an activating group) is 2. The largest absolute Gasteiger partial charge is 0.285 e. The van der Waals surface area contributed by atoms with Gasteiger partial charge in [-0.05, 0) is 85.3 Å². The highest BCUT2D eigenvalue weighted by atomic mass is 32.1. The van der Waals surface area contributed by atoms with Gasteiger partial charge in [0.05, 0.1) is 0 Å². The van der Waals surface area contributed by atoms with Crippen LogP contribution in [0.15, 0.2) is 42.0 Å². The van der Waals surface area contributed by atoms with E-state index in [0.29, 0.717) is 19.0 Å². The molecule has 0 radical (unpaired) electrons. The molecular weight excluding hydrogens is 404 g/mol. The number of rotatable bonds is 5. The molecule has 1 aliphatic heterocycles. The lowest BCUT2D eigenvalue weighted by Gasteiger charge is -2.35. The van der Waals surface area contributed by atoms with Gasteiger partial charge in [0.15, 0.2) is 5.11 Å². The van der Waals surface area contributed by atoms with Gasteiger partial charge in [-0.1, -0.05) is 50.3 Å². The van der Waals surface area contributed by atoms with Gasteiger partial charge in [-0.3, -0.25) is 19.4 Å². The maximum Gasteiger partial charge on any atom is 0.265 e. The summed E-state index contributed by atoms with van der Waals surface area (Å²) in [5.74, 6) is -0.218. The van der Waals surface area contributed by atoms with Crippen molar-refractivity contribution in [1.82, 2.24) is 9.80 Å².